The molecule has 0 saturated heterocycles. The number of rotatable bonds is 3. The summed E-state index contributed by atoms with van der Waals surface area (Å²) in [6, 6.07) is 7.76. The van der Waals surface area contributed by atoms with E-state index < -0.39 is 0 Å². The lowest BCUT2D eigenvalue weighted by atomic mass is 10.2. The third-order valence-electron chi connectivity index (χ3n) is 1.50. The fourth-order valence-electron chi connectivity index (χ4n) is 0.945. The highest BCUT2D eigenvalue weighted by molar-refractivity contribution is 6.19. The van der Waals surface area contributed by atoms with Gasteiger partial charge >= 0.3 is 0 Å². The predicted molar refractivity (Wildman–Crippen MR) is 54.0 cm³/mol. The van der Waals surface area contributed by atoms with Gasteiger partial charge in [-0.2, -0.15) is 0 Å². The van der Waals surface area contributed by atoms with Crippen LogP contribution in [0.2, 0.25) is 0 Å². The Bertz CT molecular complexity index is 271. The highest BCUT2D eigenvalue weighted by Crippen LogP contribution is 2.14. The Labute approximate surface area is 77.0 Å². The first-order chi connectivity index (χ1) is 5.88. The molecule has 3 N–H and O–H groups in total. The summed E-state index contributed by atoms with van der Waals surface area (Å²) < 4.78 is 0. The summed E-state index contributed by atoms with van der Waals surface area (Å²) in [6.07, 6.45) is 3.81. The van der Waals surface area contributed by atoms with E-state index in [0.717, 1.165) is 11.3 Å². The van der Waals surface area contributed by atoms with E-state index in [1.165, 1.54) is 0 Å². The van der Waals surface area contributed by atoms with Gasteiger partial charge in [0.15, 0.2) is 0 Å². The second-order valence-corrected chi connectivity index (χ2v) is 2.60. The van der Waals surface area contributed by atoms with Crippen LogP contribution in [0.25, 0.3) is 6.08 Å². The molecule has 0 aromatic heterocycles. The molecule has 0 radical (unpaired) electrons. The number of hydrogen-bond donors (Lipinski definition) is 2. The van der Waals surface area contributed by atoms with Gasteiger partial charge in [-0.1, -0.05) is 30.4 Å². The molecule has 0 aliphatic rings. The van der Waals surface area contributed by atoms with Gasteiger partial charge in [0.25, 0.3) is 0 Å². The summed E-state index contributed by atoms with van der Waals surface area (Å²) in [6.45, 7) is 0. The number of para-hydroxylation sites is 1. The molecular weight excluding hydrogens is 172 g/mol. The Hall–Kier alpha value is -0.990. The molecule has 0 unspecified atom stereocenters. The molecule has 3 heteroatoms. The van der Waals surface area contributed by atoms with Gasteiger partial charge in [-0.05, 0) is 11.6 Å². The Morgan fingerprint density at radius 2 is 2.17 bits per heavy atom. The van der Waals surface area contributed by atoms with Crippen LogP contribution in [0.4, 0.5) is 5.69 Å². The zero-order valence-electron chi connectivity index (χ0n) is 6.63. The molecule has 2 nitrogen and oxygen atoms in total. The third kappa shape index (κ3) is 2.26. The van der Waals surface area contributed by atoms with Crippen LogP contribution in [0.15, 0.2) is 30.3 Å². The van der Waals surface area contributed by atoms with Gasteiger partial charge in [0.05, 0.1) is 5.69 Å². The average molecular weight is 183 g/mol. The van der Waals surface area contributed by atoms with Crippen LogP contribution in [0.3, 0.4) is 0 Å². The van der Waals surface area contributed by atoms with Crippen molar-refractivity contribution < 1.29 is 0 Å². The van der Waals surface area contributed by atoms with Gasteiger partial charge in [-0.15, -0.1) is 11.6 Å². The number of alkyl halides is 1. The van der Waals surface area contributed by atoms with Gasteiger partial charge in [-0.3, -0.25) is 5.84 Å². The zero-order valence-corrected chi connectivity index (χ0v) is 7.38. The lowest BCUT2D eigenvalue weighted by Gasteiger charge is -2.02. The van der Waals surface area contributed by atoms with Crippen LogP contribution in [-0.2, 0) is 0 Å². The zero-order chi connectivity index (χ0) is 8.81. The fourth-order valence-corrected chi connectivity index (χ4v) is 1.03. The molecule has 0 aliphatic carbocycles. The SMILES string of the molecule is NNc1ccccc1C=CCCl. The van der Waals surface area contributed by atoms with Crippen LogP contribution in [0, 0.1) is 0 Å². The van der Waals surface area contributed by atoms with E-state index in [4.69, 9.17) is 17.4 Å². The molecule has 0 atom stereocenters. The number of nitrogens with two attached hydrogens (primary N) is 1. The van der Waals surface area contributed by atoms with Crippen molar-refractivity contribution in [2.75, 3.05) is 11.3 Å². The maximum atomic E-state index is 5.51. The van der Waals surface area contributed by atoms with Gasteiger partial charge in [-0.25, -0.2) is 0 Å². The summed E-state index contributed by atoms with van der Waals surface area (Å²) in [5.41, 5.74) is 4.55. The molecule has 64 valence electrons. The summed E-state index contributed by atoms with van der Waals surface area (Å²) in [5, 5.41) is 0. The van der Waals surface area contributed by atoms with Crippen molar-refractivity contribution >= 4 is 23.4 Å². The van der Waals surface area contributed by atoms with Crippen LogP contribution < -0.4 is 11.3 Å². The van der Waals surface area contributed by atoms with Crippen LogP contribution in [-0.4, -0.2) is 5.88 Å². The number of anilines is 1. The lowest BCUT2D eigenvalue weighted by Crippen LogP contribution is -2.07. The van der Waals surface area contributed by atoms with E-state index in [2.05, 4.69) is 5.43 Å². The van der Waals surface area contributed by atoms with Crippen molar-refractivity contribution in [2.24, 2.45) is 5.84 Å². The average Bonchev–Trinajstić information content (AvgIpc) is 2.15. The molecule has 0 amide bonds. The molecule has 0 fully saturated rings. The monoisotopic (exact) mass is 182 g/mol. The lowest BCUT2D eigenvalue weighted by molar-refractivity contribution is 1.34. The summed E-state index contributed by atoms with van der Waals surface area (Å²) in [4.78, 5) is 0. The molecule has 0 heterocycles. The molecular formula is C9H11ClN2. The number of hydrogen-bond acceptors (Lipinski definition) is 2. The second-order valence-electron chi connectivity index (χ2n) is 2.29. The molecule has 1 rings (SSSR count). The number of nitrogens with one attached hydrogen (secondary N) is 1. The summed E-state index contributed by atoms with van der Waals surface area (Å²) in [7, 11) is 0. The van der Waals surface area contributed by atoms with E-state index in [1.807, 2.05) is 36.4 Å². The fraction of sp³-hybridized carbons (Fsp3) is 0.111. The summed E-state index contributed by atoms with van der Waals surface area (Å²) in [5.74, 6) is 5.82. The Morgan fingerprint density at radius 1 is 1.42 bits per heavy atom. The van der Waals surface area contributed by atoms with E-state index in [9.17, 15) is 0 Å². The first-order valence-electron chi connectivity index (χ1n) is 3.66. The van der Waals surface area contributed by atoms with Crippen molar-refractivity contribution in [3.8, 4) is 0 Å². The quantitative estimate of drug-likeness (QED) is 0.428. The third-order valence-corrected chi connectivity index (χ3v) is 1.68. The number of hydrazine groups is 1. The minimum absolute atomic E-state index is 0.513. The van der Waals surface area contributed by atoms with Crippen LogP contribution in [0.5, 0.6) is 0 Å². The largest absolute Gasteiger partial charge is 0.324 e. The topological polar surface area (TPSA) is 38.0 Å². The highest BCUT2D eigenvalue weighted by Gasteiger charge is 1.93. The van der Waals surface area contributed by atoms with E-state index >= 15 is 0 Å². The minimum Gasteiger partial charge on any atom is -0.324 e. The number of allylic oxidation sites excluding steroid dienone is 1. The minimum atomic E-state index is 0.513. The number of benzene rings is 1. The molecule has 12 heavy (non-hydrogen) atoms. The molecule has 1 aromatic carbocycles. The molecule has 0 spiro atoms. The standard InChI is InChI=1S/C9H11ClN2/c10-7-3-5-8-4-1-2-6-9(8)12-11/h1-6,12H,7,11H2. The Kier molecular flexibility index (Phi) is 3.64. The Morgan fingerprint density at radius 3 is 2.83 bits per heavy atom. The maximum absolute atomic E-state index is 5.51. The van der Waals surface area contributed by atoms with Crippen molar-refractivity contribution in [1.29, 1.82) is 0 Å². The van der Waals surface area contributed by atoms with E-state index in [1.54, 1.807) is 0 Å². The molecule has 0 bridgehead atoms. The van der Waals surface area contributed by atoms with Gasteiger partial charge in [0.1, 0.15) is 0 Å². The van der Waals surface area contributed by atoms with Crippen LogP contribution in [0.1, 0.15) is 5.56 Å². The number of nitrogen functional groups attached to an aromatic ring is 1. The van der Waals surface area contributed by atoms with E-state index in [-0.39, 0.29) is 0 Å². The van der Waals surface area contributed by atoms with Gasteiger partial charge in [0, 0.05) is 5.88 Å². The predicted octanol–water partition coefficient (Wildman–Crippen LogP) is 2.22. The van der Waals surface area contributed by atoms with Gasteiger partial charge < -0.3 is 5.43 Å². The first-order valence-corrected chi connectivity index (χ1v) is 4.20. The normalized spacial score (nSPS) is 10.5. The Balaban J connectivity index is 2.89. The van der Waals surface area contributed by atoms with Crippen molar-refractivity contribution in [2.45, 2.75) is 0 Å². The van der Waals surface area contributed by atoms with Crippen LogP contribution >= 0.6 is 11.6 Å². The van der Waals surface area contributed by atoms with Crippen molar-refractivity contribution in [1.82, 2.24) is 0 Å². The molecule has 1 aromatic rings. The van der Waals surface area contributed by atoms with Gasteiger partial charge in [0.2, 0.25) is 0 Å². The highest BCUT2D eigenvalue weighted by atomic mass is 35.5. The smallest absolute Gasteiger partial charge is 0.0557 e. The first kappa shape index (κ1) is 9.10. The summed E-state index contributed by atoms with van der Waals surface area (Å²) >= 11 is 5.51. The molecule has 0 aliphatic heterocycles. The van der Waals surface area contributed by atoms with E-state index in [0.29, 0.717) is 5.88 Å². The van der Waals surface area contributed by atoms with Crippen molar-refractivity contribution in [3.63, 3.8) is 0 Å². The number of halogens is 1. The molecule has 0 saturated carbocycles. The van der Waals surface area contributed by atoms with Crippen molar-refractivity contribution in [3.05, 3.63) is 35.9 Å². The maximum Gasteiger partial charge on any atom is 0.0557 e. The second kappa shape index (κ2) is 4.80.